The molecule has 30 heavy (non-hydrogen) atoms. The van der Waals surface area contributed by atoms with Crippen molar-refractivity contribution in [2.24, 2.45) is 11.8 Å². The molecule has 0 unspecified atom stereocenters. The van der Waals surface area contributed by atoms with Gasteiger partial charge < -0.3 is 20.0 Å². The van der Waals surface area contributed by atoms with Crippen LogP contribution >= 0.6 is 11.3 Å². The molecule has 168 valence electrons. The molecule has 2 aromatic rings. The van der Waals surface area contributed by atoms with Crippen LogP contribution in [0.2, 0.25) is 0 Å². The van der Waals surface area contributed by atoms with Crippen LogP contribution in [0.25, 0.3) is 10.4 Å². The fourth-order valence-electron chi connectivity index (χ4n) is 2.91. The largest absolute Gasteiger partial charge is 0.477 e. The Hall–Kier alpha value is -2.18. The lowest BCUT2D eigenvalue weighted by Gasteiger charge is -2.22. The van der Waals surface area contributed by atoms with Crippen molar-refractivity contribution in [3.63, 3.8) is 0 Å². The van der Waals surface area contributed by atoms with E-state index in [1.807, 2.05) is 50.1 Å². The fourth-order valence-corrected chi connectivity index (χ4v) is 3.92. The molecule has 1 aromatic carbocycles. The van der Waals surface area contributed by atoms with E-state index >= 15 is 0 Å². The summed E-state index contributed by atoms with van der Waals surface area (Å²) >= 11 is 1.28. The second kappa shape index (κ2) is 16.6. The van der Waals surface area contributed by atoms with Gasteiger partial charge in [-0.2, -0.15) is 0 Å². The van der Waals surface area contributed by atoms with Crippen LogP contribution < -0.4 is 5.32 Å². The van der Waals surface area contributed by atoms with E-state index in [0.29, 0.717) is 10.6 Å². The molecule has 3 rings (SSSR count). The predicted octanol–water partition coefficient (Wildman–Crippen LogP) is 6.46. The summed E-state index contributed by atoms with van der Waals surface area (Å²) in [5.74, 6) is 1.15. The Labute approximate surface area is 185 Å². The average Bonchev–Trinajstić information content (AvgIpc) is 3.23. The molecule has 1 saturated carbocycles. The summed E-state index contributed by atoms with van der Waals surface area (Å²) in [7, 11) is 3.41. The molecule has 1 heterocycles. The van der Waals surface area contributed by atoms with Crippen molar-refractivity contribution in [3.8, 4) is 10.4 Å². The van der Waals surface area contributed by atoms with Crippen molar-refractivity contribution in [2.45, 2.75) is 46.5 Å². The zero-order valence-corrected chi connectivity index (χ0v) is 19.8. The molecular formula is C24H37NO4S. The van der Waals surface area contributed by atoms with E-state index in [1.54, 1.807) is 14.2 Å². The van der Waals surface area contributed by atoms with Gasteiger partial charge in [-0.3, -0.25) is 0 Å². The second-order valence-corrected chi connectivity index (χ2v) is 8.27. The molecule has 1 aliphatic rings. The summed E-state index contributed by atoms with van der Waals surface area (Å²) in [4.78, 5) is 20.3. The quantitative estimate of drug-likeness (QED) is 0.577. The highest BCUT2D eigenvalue weighted by Gasteiger charge is 2.15. The van der Waals surface area contributed by atoms with E-state index in [0.717, 1.165) is 28.9 Å². The van der Waals surface area contributed by atoms with Crippen LogP contribution in [0.5, 0.6) is 0 Å². The lowest BCUT2D eigenvalue weighted by atomic mass is 9.84. The number of aromatic carboxylic acids is 1. The standard InChI is InChI=1S/C12H11NO2S.C8H16.C3H8O.CH2O/c1-13-9-7-10(16-11(9)12(14)15)8-5-3-2-4-6-8;1-7-3-5-8(2)6-4-7;1-3-4-2;1-2/h2-7,13H,1H3,(H,14,15);7-8H,3-6H2,1-2H3;3H2,1-2H3;1H2. The molecule has 0 atom stereocenters. The SMILES string of the molecule is C=O.CC1CCC(C)CC1.CCOC.CNc1cc(-c2ccccc2)sc1C(=O)O. The molecular weight excluding hydrogens is 398 g/mol. The number of carboxylic acids is 1. The number of carbonyl (C=O) groups excluding carboxylic acids is 1. The number of benzene rings is 1. The number of nitrogens with one attached hydrogen (secondary N) is 1. The van der Waals surface area contributed by atoms with Gasteiger partial charge in [0.25, 0.3) is 0 Å². The Morgan fingerprint density at radius 1 is 1.13 bits per heavy atom. The van der Waals surface area contributed by atoms with Crippen molar-refractivity contribution < 1.29 is 19.4 Å². The molecule has 0 saturated heterocycles. The Morgan fingerprint density at radius 3 is 1.93 bits per heavy atom. The van der Waals surface area contributed by atoms with Crippen LogP contribution in [0, 0.1) is 11.8 Å². The summed E-state index contributed by atoms with van der Waals surface area (Å²) in [6.45, 7) is 9.51. The maximum absolute atomic E-state index is 11.0. The number of rotatable bonds is 4. The minimum atomic E-state index is -0.892. The van der Waals surface area contributed by atoms with Crippen molar-refractivity contribution in [1.82, 2.24) is 0 Å². The third-order valence-electron chi connectivity index (χ3n) is 4.85. The van der Waals surface area contributed by atoms with E-state index in [9.17, 15) is 4.79 Å². The summed E-state index contributed by atoms with van der Waals surface area (Å²) in [5, 5.41) is 11.9. The number of anilines is 1. The van der Waals surface area contributed by atoms with Crippen LogP contribution in [-0.4, -0.2) is 38.6 Å². The molecule has 5 nitrogen and oxygen atoms in total. The number of ether oxygens (including phenoxy) is 1. The van der Waals surface area contributed by atoms with E-state index < -0.39 is 5.97 Å². The van der Waals surface area contributed by atoms with Gasteiger partial charge in [-0.05, 0) is 30.4 Å². The topological polar surface area (TPSA) is 75.6 Å². The molecule has 1 aromatic heterocycles. The zero-order valence-electron chi connectivity index (χ0n) is 18.9. The van der Waals surface area contributed by atoms with Crippen LogP contribution in [0.1, 0.15) is 56.1 Å². The second-order valence-electron chi connectivity index (χ2n) is 7.22. The van der Waals surface area contributed by atoms with Gasteiger partial charge in [-0.25, -0.2) is 4.79 Å². The first kappa shape index (κ1) is 27.8. The van der Waals surface area contributed by atoms with Crippen molar-refractivity contribution in [3.05, 3.63) is 41.3 Å². The van der Waals surface area contributed by atoms with Gasteiger partial charge in [0.1, 0.15) is 11.7 Å². The lowest BCUT2D eigenvalue weighted by Crippen LogP contribution is -2.08. The first-order chi connectivity index (χ1) is 14.4. The maximum Gasteiger partial charge on any atom is 0.348 e. The molecule has 0 amide bonds. The molecule has 2 N–H and O–H groups in total. The Kier molecular flexibility index (Phi) is 15.4. The number of hydrogen-bond acceptors (Lipinski definition) is 5. The van der Waals surface area contributed by atoms with Crippen LogP contribution in [0.3, 0.4) is 0 Å². The maximum atomic E-state index is 11.0. The normalized spacial score (nSPS) is 17.1. The summed E-state index contributed by atoms with van der Waals surface area (Å²) in [6, 6.07) is 11.6. The Morgan fingerprint density at radius 2 is 1.60 bits per heavy atom. The van der Waals surface area contributed by atoms with Crippen molar-refractivity contribution in [2.75, 3.05) is 26.1 Å². The molecule has 0 spiro atoms. The highest BCUT2D eigenvalue weighted by Crippen LogP contribution is 2.34. The van der Waals surface area contributed by atoms with Crippen molar-refractivity contribution >= 4 is 29.8 Å². The highest BCUT2D eigenvalue weighted by molar-refractivity contribution is 7.18. The fraction of sp³-hybridized carbons (Fsp3) is 0.500. The zero-order chi connectivity index (χ0) is 22.9. The summed E-state index contributed by atoms with van der Waals surface area (Å²) in [6.07, 6.45) is 5.89. The monoisotopic (exact) mass is 435 g/mol. The molecule has 6 heteroatoms. The Balaban J connectivity index is 0.000000501. The lowest BCUT2D eigenvalue weighted by molar-refractivity contribution is -0.0980. The number of carbonyl (C=O) groups is 2. The number of hydrogen-bond donors (Lipinski definition) is 2. The molecule has 1 aliphatic carbocycles. The first-order valence-electron chi connectivity index (χ1n) is 10.3. The van der Waals surface area contributed by atoms with Gasteiger partial charge >= 0.3 is 5.97 Å². The third-order valence-corrected chi connectivity index (χ3v) is 6.02. The van der Waals surface area contributed by atoms with Gasteiger partial charge in [0.15, 0.2) is 0 Å². The first-order valence-corrected chi connectivity index (χ1v) is 11.1. The number of methoxy groups -OCH3 is 1. The summed E-state index contributed by atoms with van der Waals surface area (Å²) in [5.41, 5.74) is 1.70. The molecule has 0 bridgehead atoms. The number of thiophene rings is 1. The van der Waals surface area contributed by atoms with Gasteiger partial charge in [0.2, 0.25) is 0 Å². The highest BCUT2D eigenvalue weighted by atomic mass is 32.1. The van der Waals surface area contributed by atoms with E-state index in [4.69, 9.17) is 9.90 Å². The average molecular weight is 436 g/mol. The van der Waals surface area contributed by atoms with E-state index in [2.05, 4.69) is 23.9 Å². The molecule has 0 aliphatic heterocycles. The smallest absolute Gasteiger partial charge is 0.348 e. The minimum Gasteiger partial charge on any atom is -0.477 e. The third kappa shape index (κ3) is 10.6. The van der Waals surface area contributed by atoms with E-state index in [-0.39, 0.29) is 0 Å². The van der Waals surface area contributed by atoms with Gasteiger partial charge in [0, 0.05) is 25.6 Å². The van der Waals surface area contributed by atoms with Crippen molar-refractivity contribution in [1.29, 1.82) is 0 Å². The minimum absolute atomic E-state index is 0.348. The molecule has 1 fully saturated rings. The Bertz CT molecular complexity index is 682. The predicted molar refractivity (Wildman–Crippen MR) is 128 cm³/mol. The van der Waals surface area contributed by atoms with Crippen LogP contribution in [0.15, 0.2) is 36.4 Å². The molecule has 0 radical (unpaired) electrons. The van der Waals surface area contributed by atoms with Gasteiger partial charge in [-0.15, -0.1) is 11.3 Å². The van der Waals surface area contributed by atoms with Gasteiger partial charge in [-0.1, -0.05) is 69.9 Å². The van der Waals surface area contributed by atoms with Crippen LogP contribution in [-0.2, 0) is 9.53 Å². The van der Waals surface area contributed by atoms with Crippen LogP contribution in [0.4, 0.5) is 5.69 Å². The van der Waals surface area contributed by atoms with E-state index in [1.165, 1.54) is 37.0 Å². The summed E-state index contributed by atoms with van der Waals surface area (Å²) < 4.78 is 4.54. The van der Waals surface area contributed by atoms with Gasteiger partial charge in [0.05, 0.1) is 5.69 Å². The number of carboxylic acid groups (broad SMARTS) is 1.